The molecule has 0 radical (unpaired) electrons. The maximum absolute atomic E-state index is 12.7. The highest BCUT2D eigenvalue weighted by Crippen LogP contribution is 2.35. The number of nitrogens with one attached hydrogen (secondary N) is 3. The highest BCUT2D eigenvalue weighted by Gasteiger charge is 2.43. The van der Waals surface area contributed by atoms with E-state index in [1.54, 1.807) is 12.3 Å². The standard InChI is InChI=1S/C18H21N7O2/c19-9-5-11-14(18(26)24-15(11)13(6-9)25-27)16-12(17(20)23-8-22-16)7-21-10-3-1-2-4-10/h5,7-8,10,13-14,20-21H,1-4,6,19H2,(H,24,26)/b12-7-,20-17?. The van der Waals surface area contributed by atoms with Crippen molar-refractivity contribution in [1.82, 2.24) is 10.6 Å². The Morgan fingerprint density at radius 2 is 2.15 bits per heavy atom. The van der Waals surface area contributed by atoms with Crippen molar-refractivity contribution >= 4 is 23.8 Å². The molecule has 0 aromatic heterocycles. The molecule has 2 aliphatic carbocycles. The van der Waals surface area contributed by atoms with E-state index in [4.69, 9.17) is 11.1 Å². The summed E-state index contributed by atoms with van der Waals surface area (Å²) < 4.78 is 0. The third-order valence-corrected chi connectivity index (χ3v) is 5.38. The Morgan fingerprint density at radius 3 is 2.89 bits per heavy atom. The average molecular weight is 367 g/mol. The Hall–Kier alpha value is -3.10. The molecule has 5 N–H and O–H groups in total. The minimum absolute atomic E-state index is 0.0465. The zero-order valence-electron chi connectivity index (χ0n) is 14.7. The molecule has 1 amide bonds. The van der Waals surface area contributed by atoms with Gasteiger partial charge in [0.05, 0.1) is 17.0 Å². The zero-order chi connectivity index (χ0) is 19.0. The molecule has 2 unspecified atom stereocenters. The predicted octanol–water partition coefficient (Wildman–Crippen LogP) is 1.24. The lowest BCUT2D eigenvalue weighted by atomic mass is 9.85. The van der Waals surface area contributed by atoms with Gasteiger partial charge >= 0.3 is 0 Å². The Balaban J connectivity index is 1.70. The molecule has 2 atom stereocenters. The number of aliphatic imine (C=N–C) groups is 2. The number of nitroso groups, excluding NO2 is 1. The van der Waals surface area contributed by atoms with E-state index in [9.17, 15) is 9.70 Å². The zero-order valence-corrected chi connectivity index (χ0v) is 14.7. The molecule has 0 aromatic rings. The molecule has 1 saturated carbocycles. The van der Waals surface area contributed by atoms with Crippen molar-refractivity contribution in [2.75, 3.05) is 0 Å². The molecule has 2 heterocycles. The number of amides is 1. The highest BCUT2D eigenvalue weighted by molar-refractivity contribution is 6.33. The smallest absolute Gasteiger partial charge is 0.237 e. The molecule has 27 heavy (non-hydrogen) atoms. The molecule has 1 fully saturated rings. The van der Waals surface area contributed by atoms with Crippen LogP contribution in [0.5, 0.6) is 0 Å². The van der Waals surface area contributed by atoms with Crippen LogP contribution in [0.1, 0.15) is 32.1 Å². The summed E-state index contributed by atoms with van der Waals surface area (Å²) in [4.78, 5) is 32.2. The van der Waals surface area contributed by atoms with Crippen molar-refractivity contribution in [1.29, 1.82) is 5.41 Å². The number of nitrogens with two attached hydrogens (primary N) is 1. The van der Waals surface area contributed by atoms with Gasteiger partial charge in [-0.15, -0.1) is 0 Å². The lowest BCUT2D eigenvalue weighted by Crippen LogP contribution is -2.33. The first-order valence-corrected chi connectivity index (χ1v) is 9.07. The van der Waals surface area contributed by atoms with Crippen molar-refractivity contribution < 1.29 is 4.79 Å². The van der Waals surface area contributed by atoms with Crippen LogP contribution in [0.3, 0.4) is 0 Å². The van der Waals surface area contributed by atoms with E-state index in [0.717, 1.165) is 12.8 Å². The number of rotatable bonds is 4. The van der Waals surface area contributed by atoms with Crippen LogP contribution in [-0.4, -0.2) is 35.9 Å². The normalized spacial score (nSPS) is 29.6. The Kier molecular flexibility index (Phi) is 4.43. The van der Waals surface area contributed by atoms with E-state index < -0.39 is 12.0 Å². The first kappa shape index (κ1) is 17.3. The minimum atomic E-state index is -0.744. The number of carbonyl (C=O) groups is 1. The van der Waals surface area contributed by atoms with Gasteiger partial charge in [-0.1, -0.05) is 18.0 Å². The summed E-state index contributed by atoms with van der Waals surface area (Å²) >= 11 is 0. The lowest BCUT2D eigenvalue weighted by Gasteiger charge is -2.21. The van der Waals surface area contributed by atoms with E-state index in [1.807, 2.05) is 0 Å². The number of allylic oxidation sites excluding steroid dienone is 1. The molecule has 0 bridgehead atoms. The van der Waals surface area contributed by atoms with Crippen LogP contribution in [0, 0.1) is 16.2 Å². The topological polar surface area (TPSA) is 145 Å². The van der Waals surface area contributed by atoms with Gasteiger partial charge in [0.2, 0.25) is 5.91 Å². The molecule has 0 spiro atoms. The predicted molar refractivity (Wildman–Crippen MR) is 102 cm³/mol. The maximum atomic E-state index is 12.7. The summed E-state index contributed by atoms with van der Waals surface area (Å²) in [5.74, 6) is -0.995. The van der Waals surface area contributed by atoms with E-state index >= 15 is 0 Å². The van der Waals surface area contributed by atoms with Crippen LogP contribution < -0.4 is 16.4 Å². The van der Waals surface area contributed by atoms with Gasteiger partial charge in [0.25, 0.3) is 0 Å². The molecule has 2 aliphatic heterocycles. The summed E-state index contributed by atoms with van der Waals surface area (Å²) in [6.07, 6.45) is 9.54. The number of amidine groups is 1. The first-order chi connectivity index (χ1) is 13.1. The van der Waals surface area contributed by atoms with Crippen molar-refractivity contribution in [3.8, 4) is 0 Å². The molecule has 9 nitrogen and oxygen atoms in total. The number of nitrogens with zero attached hydrogens (tertiary/aromatic N) is 3. The monoisotopic (exact) mass is 367 g/mol. The average Bonchev–Trinajstić information content (AvgIpc) is 3.27. The van der Waals surface area contributed by atoms with Crippen molar-refractivity contribution in [2.45, 2.75) is 44.2 Å². The first-order valence-electron chi connectivity index (χ1n) is 9.07. The highest BCUT2D eigenvalue weighted by atomic mass is 16.3. The second-order valence-electron chi connectivity index (χ2n) is 7.15. The SMILES string of the molecule is N=C1N=CN=C(C2C(=O)NC3=C2C=C(N)CC3N=O)/C1=C/NC1CCCC1. The molecule has 140 valence electrons. The largest absolute Gasteiger partial charge is 0.402 e. The van der Waals surface area contributed by atoms with Crippen molar-refractivity contribution in [2.24, 2.45) is 26.8 Å². The van der Waals surface area contributed by atoms with Crippen LogP contribution in [0.15, 0.2) is 50.0 Å². The molecular weight excluding hydrogens is 346 g/mol. The summed E-state index contributed by atoms with van der Waals surface area (Å²) in [5, 5.41) is 17.4. The summed E-state index contributed by atoms with van der Waals surface area (Å²) in [6, 6.07) is -0.348. The maximum Gasteiger partial charge on any atom is 0.237 e. The summed E-state index contributed by atoms with van der Waals surface area (Å²) in [5.41, 5.74) is 8.43. The fourth-order valence-electron chi connectivity index (χ4n) is 4.03. The second kappa shape index (κ2) is 6.90. The van der Waals surface area contributed by atoms with Gasteiger partial charge in [0.1, 0.15) is 18.3 Å². The van der Waals surface area contributed by atoms with Gasteiger partial charge < -0.3 is 16.4 Å². The third-order valence-electron chi connectivity index (χ3n) is 5.38. The van der Waals surface area contributed by atoms with E-state index in [0.29, 0.717) is 34.3 Å². The number of carbonyl (C=O) groups excluding carboxylic acids is 1. The van der Waals surface area contributed by atoms with E-state index in [2.05, 4.69) is 25.8 Å². The van der Waals surface area contributed by atoms with Gasteiger partial charge in [-0.3, -0.25) is 10.2 Å². The van der Waals surface area contributed by atoms with Gasteiger partial charge in [0.15, 0.2) is 5.84 Å². The second-order valence-corrected chi connectivity index (χ2v) is 7.15. The van der Waals surface area contributed by atoms with Crippen molar-refractivity contribution in [3.63, 3.8) is 0 Å². The van der Waals surface area contributed by atoms with E-state index in [1.165, 1.54) is 19.2 Å². The van der Waals surface area contributed by atoms with Crippen LogP contribution in [0.2, 0.25) is 0 Å². The fourth-order valence-corrected chi connectivity index (χ4v) is 4.03. The fraction of sp³-hybridized carbons (Fsp3) is 0.444. The van der Waals surface area contributed by atoms with E-state index in [-0.39, 0.29) is 18.2 Å². The van der Waals surface area contributed by atoms with Crippen LogP contribution >= 0.6 is 0 Å². The lowest BCUT2D eigenvalue weighted by molar-refractivity contribution is -0.120. The molecule has 0 aromatic carbocycles. The van der Waals surface area contributed by atoms with Gasteiger partial charge in [-0.25, -0.2) is 9.98 Å². The van der Waals surface area contributed by atoms with Gasteiger partial charge in [-0.2, -0.15) is 4.91 Å². The Morgan fingerprint density at radius 1 is 1.37 bits per heavy atom. The van der Waals surface area contributed by atoms with Gasteiger partial charge in [-0.05, 0) is 24.5 Å². The Labute approximate surface area is 156 Å². The summed E-state index contributed by atoms with van der Waals surface area (Å²) in [7, 11) is 0. The molecule has 4 aliphatic rings. The van der Waals surface area contributed by atoms with Crippen LogP contribution in [0.25, 0.3) is 0 Å². The molecule has 0 saturated heterocycles. The minimum Gasteiger partial charge on any atom is -0.402 e. The van der Waals surface area contributed by atoms with Crippen molar-refractivity contribution in [3.05, 3.63) is 39.7 Å². The number of hydrogen-bond acceptors (Lipinski definition) is 7. The Bertz CT molecular complexity index is 859. The summed E-state index contributed by atoms with van der Waals surface area (Å²) in [6.45, 7) is 0. The number of hydrogen-bond donors (Lipinski definition) is 4. The quantitative estimate of drug-likeness (QED) is 0.554. The van der Waals surface area contributed by atoms with Crippen LogP contribution in [-0.2, 0) is 4.79 Å². The third kappa shape index (κ3) is 3.09. The van der Waals surface area contributed by atoms with Crippen LogP contribution in [0.4, 0.5) is 0 Å². The molecule has 4 rings (SSSR count). The molecule has 9 heteroatoms. The van der Waals surface area contributed by atoms with Gasteiger partial charge in [0, 0.05) is 24.4 Å². The molecular formula is C18H21N7O2.